The molecule has 0 spiro atoms. The van der Waals surface area contributed by atoms with Crippen molar-refractivity contribution in [1.29, 1.82) is 0 Å². The molecule has 2 heterocycles. The van der Waals surface area contributed by atoms with Crippen LogP contribution in [0, 0.1) is 6.92 Å². The molecule has 1 atom stereocenters. The molecule has 16 heavy (non-hydrogen) atoms. The molecule has 0 saturated carbocycles. The fourth-order valence-corrected chi connectivity index (χ4v) is 2.82. The van der Waals surface area contributed by atoms with Crippen LogP contribution in [0.3, 0.4) is 0 Å². The van der Waals surface area contributed by atoms with Crippen LogP contribution in [0.4, 0.5) is 0 Å². The van der Waals surface area contributed by atoms with E-state index in [4.69, 9.17) is 11.6 Å². The third-order valence-corrected chi connectivity index (χ3v) is 3.70. The van der Waals surface area contributed by atoms with Crippen molar-refractivity contribution in [3.05, 3.63) is 28.5 Å². The van der Waals surface area contributed by atoms with E-state index >= 15 is 0 Å². The molecule has 2 rings (SSSR count). The SMILES string of the molecule is CCN1CCCC[C@H]1c1cnc(Cl)cc1C. The van der Waals surface area contributed by atoms with Crippen molar-refractivity contribution in [2.75, 3.05) is 13.1 Å². The van der Waals surface area contributed by atoms with Crippen LogP contribution >= 0.6 is 11.6 Å². The summed E-state index contributed by atoms with van der Waals surface area (Å²) in [5.74, 6) is 0. The monoisotopic (exact) mass is 238 g/mol. The largest absolute Gasteiger partial charge is 0.297 e. The van der Waals surface area contributed by atoms with Crippen molar-refractivity contribution >= 4 is 11.6 Å². The van der Waals surface area contributed by atoms with Gasteiger partial charge >= 0.3 is 0 Å². The van der Waals surface area contributed by atoms with Gasteiger partial charge in [0.05, 0.1) is 0 Å². The number of rotatable bonds is 2. The number of likely N-dealkylation sites (tertiary alicyclic amines) is 1. The molecule has 1 aromatic heterocycles. The first kappa shape index (κ1) is 11.9. The number of aromatic nitrogens is 1. The maximum Gasteiger partial charge on any atom is 0.129 e. The fraction of sp³-hybridized carbons (Fsp3) is 0.615. The minimum Gasteiger partial charge on any atom is -0.297 e. The molecule has 0 aliphatic carbocycles. The van der Waals surface area contributed by atoms with Crippen LogP contribution in [0.15, 0.2) is 12.3 Å². The van der Waals surface area contributed by atoms with Crippen molar-refractivity contribution in [3.8, 4) is 0 Å². The van der Waals surface area contributed by atoms with Gasteiger partial charge in [-0.1, -0.05) is 24.9 Å². The van der Waals surface area contributed by atoms with Gasteiger partial charge in [0.25, 0.3) is 0 Å². The Morgan fingerprint density at radius 1 is 1.50 bits per heavy atom. The summed E-state index contributed by atoms with van der Waals surface area (Å²) in [5, 5.41) is 0.597. The van der Waals surface area contributed by atoms with E-state index in [9.17, 15) is 0 Å². The first-order chi connectivity index (χ1) is 7.72. The smallest absolute Gasteiger partial charge is 0.129 e. The Kier molecular flexibility index (Phi) is 3.82. The zero-order valence-electron chi connectivity index (χ0n) is 10.0. The van der Waals surface area contributed by atoms with E-state index in [1.807, 2.05) is 12.3 Å². The fourth-order valence-electron chi connectivity index (χ4n) is 2.60. The quantitative estimate of drug-likeness (QED) is 0.732. The molecule has 1 aromatic rings. The highest BCUT2D eigenvalue weighted by Gasteiger charge is 2.23. The Labute approximate surface area is 103 Å². The van der Waals surface area contributed by atoms with Crippen LogP contribution in [0.5, 0.6) is 0 Å². The van der Waals surface area contributed by atoms with E-state index in [2.05, 4.69) is 23.7 Å². The second-order valence-electron chi connectivity index (χ2n) is 4.50. The zero-order valence-corrected chi connectivity index (χ0v) is 10.8. The molecule has 0 aromatic carbocycles. The maximum atomic E-state index is 5.90. The Morgan fingerprint density at radius 2 is 2.31 bits per heavy atom. The Bertz CT molecular complexity index is 365. The molecule has 0 N–H and O–H groups in total. The lowest BCUT2D eigenvalue weighted by molar-refractivity contribution is 0.156. The average Bonchev–Trinajstić information content (AvgIpc) is 2.29. The molecule has 1 aliphatic heterocycles. The van der Waals surface area contributed by atoms with E-state index in [0.29, 0.717) is 11.2 Å². The minimum absolute atomic E-state index is 0.545. The van der Waals surface area contributed by atoms with Crippen LogP contribution in [-0.4, -0.2) is 23.0 Å². The van der Waals surface area contributed by atoms with Crippen LogP contribution in [0.1, 0.15) is 43.4 Å². The first-order valence-electron chi connectivity index (χ1n) is 6.08. The van der Waals surface area contributed by atoms with E-state index < -0.39 is 0 Å². The summed E-state index contributed by atoms with van der Waals surface area (Å²) in [7, 11) is 0. The summed E-state index contributed by atoms with van der Waals surface area (Å²) in [6, 6.07) is 2.52. The molecular formula is C13H19ClN2. The van der Waals surface area contributed by atoms with Gasteiger partial charge in [0.15, 0.2) is 0 Å². The number of hydrogen-bond donors (Lipinski definition) is 0. The van der Waals surface area contributed by atoms with E-state index in [1.165, 1.54) is 36.9 Å². The highest BCUT2D eigenvalue weighted by atomic mass is 35.5. The first-order valence-corrected chi connectivity index (χ1v) is 6.46. The number of nitrogens with zero attached hydrogens (tertiary/aromatic N) is 2. The molecular weight excluding hydrogens is 220 g/mol. The van der Waals surface area contributed by atoms with Gasteiger partial charge in [-0.3, -0.25) is 4.90 Å². The zero-order chi connectivity index (χ0) is 11.5. The van der Waals surface area contributed by atoms with Gasteiger partial charge in [0.1, 0.15) is 5.15 Å². The van der Waals surface area contributed by atoms with Gasteiger partial charge in [0, 0.05) is 12.2 Å². The molecule has 0 amide bonds. The lowest BCUT2D eigenvalue weighted by atomic mass is 9.94. The van der Waals surface area contributed by atoms with Crippen LogP contribution < -0.4 is 0 Å². The minimum atomic E-state index is 0.545. The molecule has 2 nitrogen and oxygen atoms in total. The Hall–Kier alpha value is -0.600. The van der Waals surface area contributed by atoms with Crippen LogP contribution in [0.2, 0.25) is 5.15 Å². The molecule has 0 unspecified atom stereocenters. The van der Waals surface area contributed by atoms with E-state index in [-0.39, 0.29) is 0 Å². The average molecular weight is 239 g/mol. The number of hydrogen-bond acceptors (Lipinski definition) is 2. The van der Waals surface area contributed by atoms with E-state index in [0.717, 1.165) is 6.54 Å². The summed E-state index contributed by atoms with van der Waals surface area (Å²) in [5.41, 5.74) is 2.62. The highest BCUT2D eigenvalue weighted by Crippen LogP contribution is 2.32. The van der Waals surface area contributed by atoms with Gasteiger partial charge in [-0.2, -0.15) is 0 Å². The summed E-state index contributed by atoms with van der Waals surface area (Å²) in [4.78, 5) is 6.77. The summed E-state index contributed by atoms with van der Waals surface area (Å²) < 4.78 is 0. The summed E-state index contributed by atoms with van der Waals surface area (Å²) in [6.07, 6.45) is 5.85. The molecule has 0 bridgehead atoms. The maximum absolute atomic E-state index is 5.90. The van der Waals surface area contributed by atoms with Crippen molar-refractivity contribution in [2.24, 2.45) is 0 Å². The van der Waals surface area contributed by atoms with E-state index in [1.54, 1.807) is 0 Å². The number of aryl methyl sites for hydroxylation is 1. The Morgan fingerprint density at radius 3 is 3.00 bits per heavy atom. The molecule has 0 radical (unpaired) electrons. The Balaban J connectivity index is 2.27. The normalized spacial score (nSPS) is 22.3. The predicted octanol–water partition coefficient (Wildman–Crippen LogP) is 3.59. The number of pyridine rings is 1. The van der Waals surface area contributed by atoms with Gasteiger partial charge in [0.2, 0.25) is 0 Å². The second-order valence-corrected chi connectivity index (χ2v) is 4.89. The molecule has 1 fully saturated rings. The van der Waals surface area contributed by atoms with Gasteiger partial charge in [-0.15, -0.1) is 0 Å². The lowest BCUT2D eigenvalue weighted by Crippen LogP contribution is -2.33. The van der Waals surface area contributed by atoms with Gasteiger partial charge in [-0.05, 0) is 50.0 Å². The van der Waals surface area contributed by atoms with Crippen LogP contribution in [0.25, 0.3) is 0 Å². The molecule has 3 heteroatoms. The number of piperidine rings is 1. The third kappa shape index (κ3) is 2.38. The predicted molar refractivity (Wildman–Crippen MR) is 67.8 cm³/mol. The highest BCUT2D eigenvalue weighted by molar-refractivity contribution is 6.29. The number of halogens is 1. The van der Waals surface area contributed by atoms with Crippen LogP contribution in [-0.2, 0) is 0 Å². The topological polar surface area (TPSA) is 16.1 Å². The van der Waals surface area contributed by atoms with Crippen molar-refractivity contribution < 1.29 is 0 Å². The third-order valence-electron chi connectivity index (χ3n) is 3.50. The van der Waals surface area contributed by atoms with Crippen molar-refractivity contribution in [3.63, 3.8) is 0 Å². The summed E-state index contributed by atoms with van der Waals surface area (Å²) >= 11 is 5.90. The standard InChI is InChI=1S/C13H19ClN2/c1-3-16-7-5-4-6-12(16)11-9-15-13(14)8-10(11)2/h8-9,12H,3-7H2,1-2H3/t12-/m0/s1. The lowest BCUT2D eigenvalue weighted by Gasteiger charge is -2.35. The molecule has 1 aliphatic rings. The van der Waals surface area contributed by atoms with Gasteiger partial charge in [-0.25, -0.2) is 4.98 Å². The molecule has 1 saturated heterocycles. The molecule has 88 valence electrons. The van der Waals surface area contributed by atoms with Gasteiger partial charge < -0.3 is 0 Å². The van der Waals surface area contributed by atoms with Crippen molar-refractivity contribution in [1.82, 2.24) is 9.88 Å². The van der Waals surface area contributed by atoms with Crippen molar-refractivity contribution in [2.45, 2.75) is 39.2 Å². The summed E-state index contributed by atoms with van der Waals surface area (Å²) in [6.45, 7) is 6.69. The second kappa shape index (κ2) is 5.15.